The Morgan fingerprint density at radius 3 is 2.13 bits per heavy atom. The normalized spacial score (nSPS) is 12.9. The third-order valence-corrected chi connectivity index (χ3v) is 10.5. The second-order valence-corrected chi connectivity index (χ2v) is 14.5. The topological polar surface area (TPSA) is 97.3 Å². The molecule has 11 heteroatoms. The number of carbonyl (C=O) groups excluding carboxylic acids is 1. The van der Waals surface area contributed by atoms with Crippen molar-refractivity contribution in [3.8, 4) is 0 Å². The highest BCUT2D eigenvalue weighted by molar-refractivity contribution is 7.93. The van der Waals surface area contributed by atoms with Crippen LogP contribution in [0.2, 0.25) is 0 Å². The summed E-state index contributed by atoms with van der Waals surface area (Å²) < 4.78 is 64.1. The van der Waals surface area contributed by atoms with Crippen LogP contribution in [-0.2, 0) is 29.4 Å². The largest absolute Gasteiger partial charge is 0.516 e. The quantitative estimate of drug-likeness (QED) is 0.167. The molecule has 0 radical (unpaired) electrons. The van der Waals surface area contributed by atoms with Crippen molar-refractivity contribution >= 4 is 59.8 Å². The molecule has 0 bridgehead atoms. The van der Waals surface area contributed by atoms with Crippen molar-refractivity contribution in [2.75, 3.05) is 10.0 Å². The van der Waals surface area contributed by atoms with Crippen molar-refractivity contribution < 1.29 is 26.4 Å². The van der Waals surface area contributed by atoms with Gasteiger partial charge in [0.1, 0.15) is 0 Å². The molecule has 0 saturated heterocycles. The van der Waals surface area contributed by atoms with Gasteiger partial charge < -0.3 is 9.88 Å². The number of amides is 1. The number of pyridine rings is 1. The minimum atomic E-state index is -5.69. The van der Waals surface area contributed by atoms with Gasteiger partial charge in [-0.1, -0.05) is 91.0 Å². The molecule has 0 spiro atoms. The van der Waals surface area contributed by atoms with Crippen molar-refractivity contribution in [1.82, 2.24) is 4.57 Å². The van der Waals surface area contributed by atoms with Gasteiger partial charge in [0, 0.05) is 11.8 Å². The Hall–Kier alpha value is -5.94. The molecule has 7 aromatic rings. The van der Waals surface area contributed by atoms with E-state index in [4.69, 9.17) is 0 Å². The molecule has 2 N–H and O–H groups in total. The number of hydrogen-bond donors (Lipinski definition) is 2. The van der Waals surface area contributed by atoms with E-state index in [1.807, 2.05) is 24.3 Å². The van der Waals surface area contributed by atoms with Crippen LogP contribution in [0, 0.1) is 0 Å². The predicted octanol–water partition coefficient (Wildman–Crippen LogP) is 9.44. The van der Waals surface area contributed by atoms with E-state index in [9.17, 15) is 31.2 Å². The molecule has 0 fully saturated rings. The SMILES string of the molecule is O=C(Nc1ccc(Cn2c(=O)ccc3ccccc32)cc1)c1ccccc1NS(=O)(=O)C(F)(F)F.c1ccc2c(c1)ccc1c3c(ccc12)CCCC3. The molecule has 0 unspecified atom stereocenters. The average Bonchev–Trinajstić information content (AvgIpc) is 3.16. The first-order valence-electron chi connectivity index (χ1n) is 17.1. The summed E-state index contributed by atoms with van der Waals surface area (Å²) in [6.07, 6.45) is 5.22. The zero-order valence-electron chi connectivity index (χ0n) is 28.4. The van der Waals surface area contributed by atoms with Gasteiger partial charge >= 0.3 is 15.5 Å². The number of rotatable bonds is 6. The monoisotopic (exact) mass is 733 g/mol. The van der Waals surface area contributed by atoms with Gasteiger partial charge in [-0.3, -0.25) is 14.3 Å². The van der Waals surface area contributed by atoms with Gasteiger partial charge in [0.15, 0.2) is 0 Å². The van der Waals surface area contributed by atoms with Crippen LogP contribution in [0.5, 0.6) is 0 Å². The highest BCUT2D eigenvalue weighted by Gasteiger charge is 2.46. The van der Waals surface area contributed by atoms with E-state index in [1.54, 1.807) is 46.0 Å². The Morgan fingerprint density at radius 2 is 1.34 bits per heavy atom. The Bertz CT molecular complexity index is 2660. The number of aryl methyl sites for hydroxylation is 2. The summed E-state index contributed by atoms with van der Waals surface area (Å²) in [5, 5.41) is 9.09. The molecule has 0 atom stereocenters. The van der Waals surface area contributed by atoms with Crippen molar-refractivity contribution in [3.63, 3.8) is 0 Å². The van der Waals surface area contributed by atoms with E-state index in [0.717, 1.165) is 22.5 Å². The average molecular weight is 734 g/mol. The fourth-order valence-electron chi connectivity index (χ4n) is 6.80. The fraction of sp³-hybridized carbons (Fsp3) is 0.143. The molecule has 6 aromatic carbocycles. The van der Waals surface area contributed by atoms with Crippen LogP contribution in [0.3, 0.4) is 0 Å². The zero-order chi connectivity index (χ0) is 37.2. The molecule has 0 aliphatic heterocycles. The lowest BCUT2D eigenvalue weighted by Gasteiger charge is -2.18. The summed E-state index contributed by atoms with van der Waals surface area (Å²) in [7, 11) is -5.69. The second-order valence-electron chi connectivity index (χ2n) is 12.9. The lowest BCUT2D eigenvalue weighted by Crippen LogP contribution is -2.30. The molecule has 1 aliphatic rings. The lowest BCUT2D eigenvalue weighted by molar-refractivity contribution is -0.0429. The summed E-state index contributed by atoms with van der Waals surface area (Å²) in [6, 6.07) is 40.2. The predicted molar refractivity (Wildman–Crippen MR) is 205 cm³/mol. The molecular formula is C42H34F3N3O4S. The van der Waals surface area contributed by atoms with Gasteiger partial charge in [-0.2, -0.15) is 21.6 Å². The van der Waals surface area contributed by atoms with Gasteiger partial charge in [-0.25, -0.2) is 0 Å². The van der Waals surface area contributed by atoms with Crippen molar-refractivity contribution in [2.45, 2.75) is 37.7 Å². The second kappa shape index (κ2) is 14.6. The highest BCUT2D eigenvalue weighted by atomic mass is 32.2. The van der Waals surface area contributed by atoms with Crippen LogP contribution in [0.4, 0.5) is 24.5 Å². The van der Waals surface area contributed by atoms with Crippen molar-refractivity contribution in [2.24, 2.45) is 0 Å². The molecule has 8 rings (SSSR count). The first-order chi connectivity index (χ1) is 25.5. The Labute approximate surface area is 303 Å². The van der Waals surface area contributed by atoms with E-state index >= 15 is 0 Å². The third kappa shape index (κ3) is 7.52. The van der Waals surface area contributed by atoms with Gasteiger partial charge in [0.2, 0.25) is 0 Å². The highest BCUT2D eigenvalue weighted by Crippen LogP contribution is 2.33. The summed E-state index contributed by atoms with van der Waals surface area (Å²) >= 11 is 0. The number of fused-ring (bicyclic) bond motifs is 6. The van der Waals surface area contributed by atoms with Crippen LogP contribution in [-0.4, -0.2) is 24.4 Å². The maximum atomic E-state index is 12.7. The van der Waals surface area contributed by atoms with Crippen LogP contribution in [0.25, 0.3) is 32.4 Å². The number of aromatic nitrogens is 1. The number of para-hydroxylation sites is 2. The standard InChI is InChI=1S/C24H18F3N3O4S.C18H16/c25-24(26,27)35(33,34)29-20-7-3-2-6-19(20)23(32)28-18-12-9-16(10-13-18)15-30-21-8-4-1-5-17(21)11-14-22(30)31;1-3-7-15-13(5-1)9-11-18-16-8-4-2-6-14(16)10-12-17(15)18/h1-14,29H,15H2,(H,28,32);1,3,5,7,9-12H,2,4,6,8H2. The molecule has 268 valence electrons. The van der Waals surface area contributed by atoms with Crippen LogP contribution in [0.1, 0.15) is 39.9 Å². The van der Waals surface area contributed by atoms with Gasteiger partial charge in [-0.15, -0.1) is 0 Å². The maximum Gasteiger partial charge on any atom is 0.516 e. The zero-order valence-corrected chi connectivity index (χ0v) is 29.2. The number of sulfonamides is 1. The first kappa shape index (κ1) is 35.5. The number of carbonyl (C=O) groups is 1. The number of hydrogen-bond acceptors (Lipinski definition) is 4. The van der Waals surface area contributed by atoms with Crippen molar-refractivity contribution in [3.05, 3.63) is 166 Å². The molecule has 0 saturated carbocycles. The van der Waals surface area contributed by atoms with Crippen LogP contribution >= 0.6 is 0 Å². The smallest absolute Gasteiger partial charge is 0.322 e. The van der Waals surface area contributed by atoms with Crippen LogP contribution in [0.15, 0.2) is 138 Å². The number of anilines is 2. The number of halogens is 3. The summed E-state index contributed by atoms with van der Waals surface area (Å²) in [6.45, 7) is 0.288. The van der Waals surface area contributed by atoms with E-state index in [0.29, 0.717) is 5.69 Å². The molecular weight excluding hydrogens is 700 g/mol. The fourth-order valence-corrected chi connectivity index (χ4v) is 7.38. The summed E-state index contributed by atoms with van der Waals surface area (Å²) in [4.78, 5) is 25.1. The minimum Gasteiger partial charge on any atom is -0.322 e. The molecule has 1 amide bonds. The Balaban J connectivity index is 0.000000200. The maximum absolute atomic E-state index is 12.7. The minimum absolute atomic E-state index is 0.168. The molecule has 1 aromatic heterocycles. The van der Waals surface area contributed by atoms with E-state index < -0.39 is 27.1 Å². The molecule has 1 aliphatic carbocycles. The Morgan fingerprint density at radius 1 is 0.679 bits per heavy atom. The van der Waals surface area contributed by atoms with Gasteiger partial charge in [-0.05, 0) is 106 Å². The first-order valence-corrected chi connectivity index (χ1v) is 18.6. The Kier molecular flexibility index (Phi) is 9.76. The number of benzene rings is 6. The van der Waals surface area contributed by atoms with E-state index in [-0.39, 0.29) is 17.7 Å². The summed E-state index contributed by atoms with van der Waals surface area (Å²) in [5.74, 6) is -0.802. The van der Waals surface area contributed by atoms with Gasteiger partial charge in [0.25, 0.3) is 11.5 Å². The van der Waals surface area contributed by atoms with E-state index in [2.05, 4.69) is 53.8 Å². The lowest BCUT2D eigenvalue weighted by atomic mass is 9.86. The number of nitrogens with one attached hydrogen (secondary N) is 2. The van der Waals surface area contributed by atoms with Crippen molar-refractivity contribution in [1.29, 1.82) is 0 Å². The number of alkyl halides is 3. The molecule has 1 heterocycles. The number of nitrogens with zero attached hydrogens (tertiary/aromatic N) is 1. The van der Waals surface area contributed by atoms with Crippen LogP contribution < -0.4 is 15.6 Å². The van der Waals surface area contributed by atoms with Gasteiger partial charge in [0.05, 0.1) is 23.3 Å². The molecule has 7 nitrogen and oxygen atoms in total. The molecule has 53 heavy (non-hydrogen) atoms. The third-order valence-electron chi connectivity index (χ3n) is 9.43. The van der Waals surface area contributed by atoms with E-state index in [1.165, 1.54) is 76.2 Å². The summed E-state index contributed by atoms with van der Waals surface area (Å²) in [5.41, 5.74) is -1.43.